The molecular weight excluding hydrogens is 368 g/mol. The van der Waals surface area contributed by atoms with Crippen molar-refractivity contribution >= 4 is 38.6 Å². The SMILES string of the molecule is CN=C(/C=C(\N)C(C)(C)C)NC(=O)c1ccc2cc(Br)cnc2c1. The van der Waals surface area contributed by atoms with Crippen molar-refractivity contribution in [3.05, 3.63) is 52.3 Å². The summed E-state index contributed by atoms with van der Waals surface area (Å²) in [6, 6.07) is 7.33. The third-order valence-electron chi connectivity index (χ3n) is 3.55. The Balaban J connectivity index is 2.24. The first-order chi connectivity index (χ1) is 11.2. The van der Waals surface area contributed by atoms with E-state index in [0.29, 0.717) is 17.1 Å². The van der Waals surface area contributed by atoms with Gasteiger partial charge in [0.05, 0.1) is 5.52 Å². The summed E-state index contributed by atoms with van der Waals surface area (Å²) < 4.78 is 0.899. The molecule has 5 nitrogen and oxygen atoms in total. The molecule has 126 valence electrons. The highest BCUT2D eigenvalue weighted by Crippen LogP contribution is 2.20. The van der Waals surface area contributed by atoms with Crippen LogP contribution in [-0.2, 0) is 0 Å². The van der Waals surface area contributed by atoms with Crippen LogP contribution in [0.1, 0.15) is 31.1 Å². The molecule has 1 amide bonds. The number of pyridine rings is 1. The van der Waals surface area contributed by atoms with Crippen LogP contribution in [0.4, 0.5) is 0 Å². The Kier molecular flexibility index (Phi) is 5.39. The maximum atomic E-state index is 12.5. The topological polar surface area (TPSA) is 80.4 Å². The molecule has 0 aliphatic carbocycles. The van der Waals surface area contributed by atoms with Crippen molar-refractivity contribution in [2.45, 2.75) is 20.8 Å². The number of carbonyl (C=O) groups is 1. The fourth-order valence-electron chi connectivity index (χ4n) is 1.94. The lowest BCUT2D eigenvalue weighted by Gasteiger charge is -2.19. The number of carbonyl (C=O) groups excluding carboxylic acids is 1. The van der Waals surface area contributed by atoms with Crippen LogP contribution in [0, 0.1) is 5.41 Å². The molecule has 1 heterocycles. The van der Waals surface area contributed by atoms with Gasteiger partial charge in [0.25, 0.3) is 5.91 Å². The fourth-order valence-corrected chi connectivity index (χ4v) is 2.29. The summed E-state index contributed by atoms with van der Waals surface area (Å²) >= 11 is 3.38. The molecule has 1 aromatic carbocycles. The van der Waals surface area contributed by atoms with Crippen molar-refractivity contribution < 1.29 is 4.79 Å². The van der Waals surface area contributed by atoms with E-state index < -0.39 is 0 Å². The third-order valence-corrected chi connectivity index (χ3v) is 3.99. The number of rotatable bonds is 2. The maximum Gasteiger partial charge on any atom is 0.256 e. The standard InChI is InChI=1S/C18H21BrN4O/c1-18(2,3)15(20)9-16(21-4)23-17(24)12-6-5-11-7-13(19)10-22-14(11)8-12/h5-10H,20H2,1-4H3,(H,21,23,24)/b15-9-. The first-order valence-corrected chi connectivity index (χ1v) is 8.31. The van der Waals surface area contributed by atoms with Gasteiger partial charge in [-0.1, -0.05) is 26.8 Å². The molecule has 1 aromatic heterocycles. The van der Waals surface area contributed by atoms with E-state index in [1.807, 2.05) is 32.9 Å². The number of aliphatic imine (C=N–C) groups is 1. The zero-order chi connectivity index (χ0) is 17.9. The predicted molar refractivity (Wildman–Crippen MR) is 102 cm³/mol. The van der Waals surface area contributed by atoms with Crippen LogP contribution in [0.2, 0.25) is 0 Å². The molecular formula is C18H21BrN4O. The van der Waals surface area contributed by atoms with Crippen LogP contribution < -0.4 is 11.1 Å². The van der Waals surface area contributed by atoms with Gasteiger partial charge in [-0.05, 0) is 40.2 Å². The average Bonchev–Trinajstić information content (AvgIpc) is 2.52. The van der Waals surface area contributed by atoms with Crippen molar-refractivity contribution in [3.8, 4) is 0 Å². The smallest absolute Gasteiger partial charge is 0.256 e. The van der Waals surface area contributed by atoms with Crippen molar-refractivity contribution in [2.75, 3.05) is 7.05 Å². The normalized spacial score (nSPS) is 13.2. The zero-order valence-electron chi connectivity index (χ0n) is 14.2. The van der Waals surface area contributed by atoms with Gasteiger partial charge in [-0.15, -0.1) is 0 Å². The molecule has 0 aliphatic heterocycles. The minimum absolute atomic E-state index is 0.194. The lowest BCUT2D eigenvalue weighted by atomic mass is 9.92. The number of fused-ring (bicyclic) bond motifs is 1. The molecule has 3 N–H and O–H groups in total. The van der Waals surface area contributed by atoms with Crippen molar-refractivity contribution in [2.24, 2.45) is 16.1 Å². The number of benzene rings is 1. The average molecular weight is 389 g/mol. The Hall–Kier alpha value is -2.21. The minimum Gasteiger partial charge on any atom is -0.401 e. The molecule has 2 aromatic rings. The van der Waals surface area contributed by atoms with E-state index in [0.717, 1.165) is 15.4 Å². The second-order valence-corrected chi connectivity index (χ2v) is 7.39. The van der Waals surface area contributed by atoms with Gasteiger partial charge in [-0.2, -0.15) is 0 Å². The first-order valence-electron chi connectivity index (χ1n) is 7.52. The number of allylic oxidation sites excluding steroid dienone is 1. The van der Waals surface area contributed by atoms with E-state index in [-0.39, 0.29) is 11.3 Å². The minimum atomic E-state index is -0.250. The van der Waals surface area contributed by atoms with Crippen LogP contribution in [-0.4, -0.2) is 23.8 Å². The van der Waals surface area contributed by atoms with E-state index in [4.69, 9.17) is 5.73 Å². The summed E-state index contributed by atoms with van der Waals surface area (Å²) in [5, 5.41) is 3.74. The van der Waals surface area contributed by atoms with Crippen LogP contribution >= 0.6 is 15.9 Å². The van der Waals surface area contributed by atoms with Crippen LogP contribution in [0.5, 0.6) is 0 Å². The summed E-state index contributed by atoms with van der Waals surface area (Å²) in [5.74, 6) is 0.177. The predicted octanol–water partition coefficient (Wildman–Crippen LogP) is 3.64. The number of amidine groups is 1. The van der Waals surface area contributed by atoms with Gasteiger partial charge in [-0.3, -0.25) is 14.8 Å². The highest BCUT2D eigenvalue weighted by Gasteiger charge is 2.15. The Morgan fingerprint density at radius 1 is 1.33 bits per heavy atom. The van der Waals surface area contributed by atoms with E-state index in [9.17, 15) is 4.79 Å². The monoisotopic (exact) mass is 388 g/mol. The van der Waals surface area contributed by atoms with Crippen molar-refractivity contribution in [1.29, 1.82) is 0 Å². The molecule has 0 aliphatic rings. The molecule has 6 heteroatoms. The summed E-state index contributed by atoms with van der Waals surface area (Å²) in [5.41, 5.74) is 7.77. The summed E-state index contributed by atoms with van der Waals surface area (Å²) in [6.07, 6.45) is 3.39. The molecule has 0 unspecified atom stereocenters. The van der Waals surface area contributed by atoms with Gasteiger partial charge in [-0.25, -0.2) is 0 Å². The number of nitrogens with one attached hydrogen (secondary N) is 1. The van der Waals surface area contributed by atoms with Gasteiger partial charge in [0.15, 0.2) is 0 Å². The van der Waals surface area contributed by atoms with Crippen LogP contribution in [0.25, 0.3) is 10.9 Å². The zero-order valence-corrected chi connectivity index (χ0v) is 15.8. The Morgan fingerprint density at radius 2 is 2.04 bits per heavy atom. The molecule has 0 fully saturated rings. The number of aromatic nitrogens is 1. The molecule has 0 atom stereocenters. The molecule has 0 radical (unpaired) electrons. The van der Waals surface area contributed by atoms with Gasteiger partial charge >= 0.3 is 0 Å². The van der Waals surface area contributed by atoms with Crippen LogP contribution in [0.15, 0.2) is 51.7 Å². The lowest BCUT2D eigenvalue weighted by molar-refractivity contribution is 0.0977. The highest BCUT2D eigenvalue weighted by molar-refractivity contribution is 9.10. The largest absolute Gasteiger partial charge is 0.401 e. The highest BCUT2D eigenvalue weighted by atomic mass is 79.9. The molecule has 24 heavy (non-hydrogen) atoms. The number of nitrogens with two attached hydrogens (primary N) is 1. The van der Waals surface area contributed by atoms with Crippen molar-refractivity contribution in [3.63, 3.8) is 0 Å². The number of halogens is 1. The van der Waals surface area contributed by atoms with E-state index in [2.05, 4.69) is 31.2 Å². The molecule has 0 saturated carbocycles. The molecule has 0 saturated heterocycles. The van der Waals surface area contributed by atoms with E-state index in [1.165, 1.54) is 0 Å². The Bertz CT molecular complexity index is 835. The number of hydrogen-bond acceptors (Lipinski definition) is 4. The Morgan fingerprint density at radius 3 is 2.67 bits per heavy atom. The van der Waals surface area contributed by atoms with Gasteiger partial charge in [0, 0.05) is 39.8 Å². The first kappa shape index (κ1) is 18.1. The molecule has 0 bridgehead atoms. The second kappa shape index (κ2) is 7.13. The Labute approximate surface area is 150 Å². The van der Waals surface area contributed by atoms with Gasteiger partial charge in [0.2, 0.25) is 0 Å². The molecule has 0 spiro atoms. The van der Waals surface area contributed by atoms with Gasteiger partial charge in [0.1, 0.15) is 5.84 Å². The quantitative estimate of drug-likeness (QED) is 0.608. The summed E-state index contributed by atoms with van der Waals surface area (Å²) in [6.45, 7) is 6.00. The second-order valence-electron chi connectivity index (χ2n) is 6.47. The van der Waals surface area contributed by atoms with Crippen molar-refractivity contribution in [1.82, 2.24) is 10.3 Å². The number of hydrogen-bond donors (Lipinski definition) is 2. The summed E-state index contributed by atoms with van der Waals surface area (Å²) in [7, 11) is 1.61. The summed E-state index contributed by atoms with van der Waals surface area (Å²) in [4.78, 5) is 20.9. The van der Waals surface area contributed by atoms with E-state index in [1.54, 1.807) is 31.5 Å². The molecule has 2 rings (SSSR count). The van der Waals surface area contributed by atoms with E-state index >= 15 is 0 Å². The lowest BCUT2D eigenvalue weighted by Crippen LogP contribution is -2.31. The fraction of sp³-hybridized carbons (Fsp3) is 0.278. The van der Waals surface area contributed by atoms with Crippen LogP contribution in [0.3, 0.4) is 0 Å². The number of amides is 1. The maximum absolute atomic E-state index is 12.5. The van der Waals surface area contributed by atoms with Gasteiger partial charge < -0.3 is 11.1 Å². The number of nitrogens with zero attached hydrogens (tertiary/aromatic N) is 2. The third kappa shape index (κ3) is 4.41.